The van der Waals surface area contributed by atoms with Gasteiger partial charge < -0.3 is 10.6 Å². The summed E-state index contributed by atoms with van der Waals surface area (Å²) in [5.74, 6) is 0.265. The van der Waals surface area contributed by atoms with Gasteiger partial charge in [0.25, 0.3) is 0 Å². The van der Waals surface area contributed by atoms with Crippen LogP contribution in [0.3, 0.4) is 0 Å². The molecule has 1 aromatic rings. The molecule has 1 saturated heterocycles. The van der Waals surface area contributed by atoms with Gasteiger partial charge in [-0.25, -0.2) is 8.42 Å². The first-order valence-electron chi connectivity index (χ1n) is 5.91. The first-order valence-corrected chi connectivity index (χ1v) is 8.52. The van der Waals surface area contributed by atoms with Crippen LogP contribution in [-0.2, 0) is 9.84 Å². The molecule has 0 amide bonds. The molecule has 0 radical (unpaired) electrons. The van der Waals surface area contributed by atoms with E-state index in [-0.39, 0.29) is 23.4 Å². The number of nitrogen functional groups attached to an aromatic ring is 1. The normalized spacial score (nSPS) is 22.2. The fourth-order valence-electron chi connectivity index (χ4n) is 2.33. The van der Waals surface area contributed by atoms with E-state index in [0.29, 0.717) is 12.1 Å². The highest BCUT2D eigenvalue weighted by Gasteiger charge is 2.29. The predicted octanol–water partition coefficient (Wildman–Crippen LogP) is 1.36. The van der Waals surface area contributed by atoms with Crippen LogP contribution in [0.15, 0.2) is 22.7 Å². The minimum absolute atomic E-state index is 0.0110. The Hall–Kier alpha value is -1.08. The largest absolute Gasteiger partial charge is 0.384 e. The molecule has 1 heterocycles. The Morgan fingerprint density at radius 2 is 2.21 bits per heavy atom. The number of amidine groups is 1. The van der Waals surface area contributed by atoms with Crippen molar-refractivity contribution < 1.29 is 8.42 Å². The Labute approximate surface area is 121 Å². The van der Waals surface area contributed by atoms with Gasteiger partial charge in [-0.1, -0.05) is 15.9 Å². The first kappa shape index (κ1) is 14.3. The van der Waals surface area contributed by atoms with E-state index in [1.807, 2.05) is 24.0 Å². The molecule has 1 aliphatic rings. The van der Waals surface area contributed by atoms with Crippen molar-refractivity contribution in [3.8, 4) is 0 Å². The molecule has 0 saturated carbocycles. The third-order valence-electron chi connectivity index (χ3n) is 3.23. The van der Waals surface area contributed by atoms with Gasteiger partial charge >= 0.3 is 0 Å². The summed E-state index contributed by atoms with van der Waals surface area (Å²) in [5, 5.41) is 7.63. The summed E-state index contributed by atoms with van der Waals surface area (Å²) in [7, 11) is -2.95. The van der Waals surface area contributed by atoms with Crippen LogP contribution in [0.4, 0.5) is 5.69 Å². The molecule has 0 bridgehead atoms. The average molecular weight is 346 g/mol. The molecule has 7 heteroatoms. The molecule has 1 aromatic carbocycles. The van der Waals surface area contributed by atoms with Crippen LogP contribution in [0, 0.1) is 5.41 Å². The second-order valence-electron chi connectivity index (χ2n) is 4.73. The van der Waals surface area contributed by atoms with Crippen molar-refractivity contribution >= 4 is 37.3 Å². The van der Waals surface area contributed by atoms with Crippen LogP contribution in [0.2, 0.25) is 0 Å². The summed E-state index contributed by atoms with van der Waals surface area (Å²) < 4.78 is 24.1. The van der Waals surface area contributed by atoms with E-state index < -0.39 is 9.84 Å². The standard InChI is InChI=1S/C12H16BrN3O2S/c1-8-7-19(17,18)5-4-16(8)11-6-9(13)2-3-10(11)12(14)15/h2-3,6,8H,4-5,7H2,1H3,(H3,14,15). The first-order chi connectivity index (χ1) is 8.80. The van der Waals surface area contributed by atoms with Gasteiger partial charge in [0, 0.05) is 28.3 Å². The number of nitrogens with zero attached hydrogens (tertiary/aromatic N) is 1. The molecule has 0 aliphatic carbocycles. The maximum absolute atomic E-state index is 11.6. The number of sulfone groups is 1. The van der Waals surface area contributed by atoms with Gasteiger partial charge in [0.1, 0.15) is 5.84 Å². The van der Waals surface area contributed by atoms with Gasteiger partial charge in [-0.15, -0.1) is 0 Å². The van der Waals surface area contributed by atoms with Crippen molar-refractivity contribution in [2.24, 2.45) is 5.73 Å². The lowest BCUT2D eigenvalue weighted by Crippen LogP contribution is -2.47. The fraction of sp³-hybridized carbons (Fsp3) is 0.417. The maximum Gasteiger partial charge on any atom is 0.154 e. The number of hydrogen-bond donors (Lipinski definition) is 2. The van der Waals surface area contributed by atoms with Gasteiger partial charge in [0.05, 0.1) is 11.5 Å². The van der Waals surface area contributed by atoms with E-state index >= 15 is 0 Å². The second-order valence-corrected chi connectivity index (χ2v) is 7.88. The summed E-state index contributed by atoms with van der Waals surface area (Å²) >= 11 is 3.40. The fourth-order valence-corrected chi connectivity index (χ4v) is 4.23. The number of nitrogens with two attached hydrogens (primary N) is 1. The van der Waals surface area contributed by atoms with Gasteiger partial charge in [0.15, 0.2) is 9.84 Å². The van der Waals surface area contributed by atoms with E-state index in [1.54, 1.807) is 6.07 Å². The number of rotatable bonds is 2. The number of anilines is 1. The lowest BCUT2D eigenvalue weighted by molar-refractivity contribution is 0.568. The molecule has 0 spiro atoms. The van der Waals surface area contributed by atoms with Crippen LogP contribution in [0.25, 0.3) is 0 Å². The molecular formula is C12H16BrN3O2S. The van der Waals surface area contributed by atoms with E-state index in [9.17, 15) is 8.42 Å². The van der Waals surface area contributed by atoms with Crippen molar-refractivity contribution in [1.29, 1.82) is 5.41 Å². The van der Waals surface area contributed by atoms with Crippen molar-refractivity contribution in [3.63, 3.8) is 0 Å². The van der Waals surface area contributed by atoms with E-state index in [0.717, 1.165) is 10.2 Å². The number of nitrogens with one attached hydrogen (secondary N) is 1. The van der Waals surface area contributed by atoms with Gasteiger partial charge in [-0.3, -0.25) is 5.41 Å². The number of halogens is 1. The third kappa shape index (κ3) is 3.09. The highest BCUT2D eigenvalue weighted by Crippen LogP contribution is 2.28. The predicted molar refractivity (Wildman–Crippen MR) is 80.6 cm³/mol. The molecule has 1 fully saturated rings. The van der Waals surface area contributed by atoms with Gasteiger partial charge in [-0.05, 0) is 25.1 Å². The van der Waals surface area contributed by atoms with Crippen LogP contribution in [-0.4, -0.2) is 38.3 Å². The smallest absolute Gasteiger partial charge is 0.154 e. The summed E-state index contributed by atoms with van der Waals surface area (Å²) in [4.78, 5) is 2.00. The molecule has 0 aromatic heterocycles. The van der Waals surface area contributed by atoms with Gasteiger partial charge in [-0.2, -0.15) is 0 Å². The molecule has 104 valence electrons. The van der Waals surface area contributed by atoms with Crippen molar-refractivity contribution in [1.82, 2.24) is 0 Å². The summed E-state index contributed by atoms with van der Waals surface area (Å²) in [6, 6.07) is 5.36. The van der Waals surface area contributed by atoms with Crippen LogP contribution >= 0.6 is 15.9 Å². The highest BCUT2D eigenvalue weighted by atomic mass is 79.9. The van der Waals surface area contributed by atoms with Gasteiger partial charge in [0.2, 0.25) is 0 Å². The molecule has 5 nitrogen and oxygen atoms in total. The zero-order valence-corrected chi connectivity index (χ0v) is 13.0. The topological polar surface area (TPSA) is 87.2 Å². The lowest BCUT2D eigenvalue weighted by Gasteiger charge is -2.36. The Balaban J connectivity index is 2.42. The Bertz CT molecular complexity index is 615. The summed E-state index contributed by atoms with van der Waals surface area (Å²) in [6.45, 7) is 2.31. The third-order valence-corrected chi connectivity index (χ3v) is 5.52. The minimum atomic E-state index is -2.95. The van der Waals surface area contributed by atoms with Crippen molar-refractivity contribution in [2.45, 2.75) is 13.0 Å². The Morgan fingerprint density at radius 1 is 1.53 bits per heavy atom. The van der Waals surface area contributed by atoms with Crippen LogP contribution in [0.5, 0.6) is 0 Å². The maximum atomic E-state index is 11.6. The minimum Gasteiger partial charge on any atom is -0.384 e. The Morgan fingerprint density at radius 3 is 2.79 bits per heavy atom. The molecule has 2 rings (SSSR count). The zero-order chi connectivity index (χ0) is 14.2. The highest BCUT2D eigenvalue weighted by molar-refractivity contribution is 9.10. The monoisotopic (exact) mass is 345 g/mol. The quantitative estimate of drug-likeness (QED) is 0.625. The SMILES string of the molecule is CC1CS(=O)(=O)CCN1c1cc(Br)ccc1C(=N)N. The van der Waals surface area contributed by atoms with Crippen molar-refractivity contribution in [3.05, 3.63) is 28.2 Å². The molecule has 19 heavy (non-hydrogen) atoms. The second kappa shape index (κ2) is 5.13. The number of hydrogen-bond acceptors (Lipinski definition) is 4. The molecule has 3 N–H and O–H groups in total. The van der Waals surface area contributed by atoms with E-state index in [1.165, 1.54) is 0 Å². The average Bonchev–Trinajstić information content (AvgIpc) is 2.27. The van der Waals surface area contributed by atoms with E-state index in [4.69, 9.17) is 11.1 Å². The van der Waals surface area contributed by atoms with Crippen molar-refractivity contribution in [2.75, 3.05) is 23.0 Å². The molecule has 1 aliphatic heterocycles. The summed E-state index contributed by atoms with van der Waals surface area (Å²) in [5.41, 5.74) is 7.04. The lowest BCUT2D eigenvalue weighted by atomic mass is 10.1. The number of benzene rings is 1. The van der Waals surface area contributed by atoms with Crippen LogP contribution < -0.4 is 10.6 Å². The summed E-state index contributed by atoms with van der Waals surface area (Å²) in [6.07, 6.45) is 0. The Kier molecular flexibility index (Phi) is 3.87. The molecule has 1 unspecified atom stereocenters. The van der Waals surface area contributed by atoms with E-state index in [2.05, 4.69) is 15.9 Å². The molecule has 1 atom stereocenters. The zero-order valence-electron chi connectivity index (χ0n) is 10.6. The molecular weight excluding hydrogens is 330 g/mol. The van der Waals surface area contributed by atoms with Crippen LogP contribution in [0.1, 0.15) is 12.5 Å².